The first-order valence-corrected chi connectivity index (χ1v) is 6.55. The molecule has 1 aliphatic rings. The molecule has 0 aliphatic carbocycles. The topological polar surface area (TPSA) is 69.4 Å². The van der Waals surface area contributed by atoms with Gasteiger partial charge < -0.3 is 20.5 Å². The van der Waals surface area contributed by atoms with Crippen LogP contribution in [0.4, 0.5) is 11.5 Å². The number of aromatic nitrogens is 1. The van der Waals surface area contributed by atoms with Crippen molar-refractivity contribution in [2.45, 2.75) is 12.5 Å². The monoisotopic (exact) mass is 271 g/mol. The van der Waals surface area contributed by atoms with Crippen LogP contribution in [0.15, 0.2) is 36.4 Å². The zero-order chi connectivity index (χ0) is 13.9. The molecule has 2 aromatic rings. The molecule has 0 spiro atoms. The van der Waals surface area contributed by atoms with Crippen LogP contribution in [0.3, 0.4) is 0 Å². The summed E-state index contributed by atoms with van der Waals surface area (Å²) >= 11 is 0. The van der Waals surface area contributed by atoms with Gasteiger partial charge in [0.1, 0.15) is 17.7 Å². The number of ether oxygens (including phenoxy) is 2. The SMILES string of the molecule is COc1nc(NCC2Cc3ccccc3O2)ccc1N. The molecule has 1 aliphatic heterocycles. The van der Waals surface area contributed by atoms with Crippen molar-refractivity contribution in [1.82, 2.24) is 4.98 Å². The second kappa shape index (κ2) is 5.28. The van der Waals surface area contributed by atoms with E-state index in [-0.39, 0.29) is 6.10 Å². The summed E-state index contributed by atoms with van der Waals surface area (Å²) in [6.45, 7) is 0.689. The average Bonchev–Trinajstić information content (AvgIpc) is 2.89. The van der Waals surface area contributed by atoms with Crippen LogP contribution in [0.25, 0.3) is 0 Å². The van der Waals surface area contributed by atoms with Gasteiger partial charge in [0.2, 0.25) is 5.88 Å². The van der Waals surface area contributed by atoms with Crippen LogP contribution in [0, 0.1) is 0 Å². The molecular weight excluding hydrogens is 254 g/mol. The fraction of sp³-hybridized carbons (Fsp3) is 0.267. The van der Waals surface area contributed by atoms with Crippen molar-refractivity contribution in [3.8, 4) is 11.6 Å². The third-order valence-electron chi connectivity index (χ3n) is 3.31. The molecule has 20 heavy (non-hydrogen) atoms. The molecule has 3 rings (SSSR count). The Labute approximate surface area is 117 Å². The fourth-order valence-corrected chi connectivity index (χ4v) is 2.30. The van der Waals surface area contributed by atoms with E-state index in [0.717, 1.165) is 18.0 Å². The van der Waals surface area contributed by atoms with Crippen LogP contribution < -0.4 is 20.5 Å². The summed E-state index contributed by atoms with van der Waals surface area (Å²) in [5.74, 6) is 2.14. The second-order valence-corrected chi connectivity index (χ2v) is 4.73. The van der Waals surface area contributed by atoms with E-state index in [4.69, 9.17) is 15.2 Å². The van der Waals surface area contributed by atoms with Crippen molar-refractivity contribution >= 4 is 11.5 Å². The summed E-state index contributed by atoms with van der Waals surface area (Å²) in [6, 6.07) is 11.7. The number of anilines is 2. The second-order valence-electron chi connectivity index (χ2n) is 4.73. The van der Waals surface area contributed by atoms with Gasteiger partial charge in [-0.05, 0) is 23.8 Å². The van der Waals surface area contributed by atoms with Crippen molar-refractivity contribution in [1.29, 1.82) is 0 Å². The molecule has 1 unspecified atom stereocenters. The Balaban J connectivity index is 1.61. The highest BCUT2D eigenvalue weighted by molar-refractivity contribution is 5.53. The first-order valence-electron chi connectivity index (χ1n) is 6.55. The summed E-state index contributed by atoms with van der Waals surface area (Å²) in [5.41, 5.74) is 7.52. The highest BCUT2D eigenvalue weighted by Gasteiger charge is 2.22. The van der Waals surface area contributed by atoms with Crippen molar-refractivity contribution in [3.63, 3.8) is 0 Å². The van der Waals surface area contributed by atoms with E-state index in [2.05, 4.69) is 16.4 Å². The molecule has 1 aromatic carbocycles. The minimum atomic E-state index is 0.123. The molecule has 5 heteroatoms. The van der Waals surface area contributed by atoms with Gasteiger partial charge in [-0.25, -0.2) is 0 Å². The predicted molar refractivity (Wildman–Crippen MR) is 78.3 cm³/mol. The maximum absolute atomic E-state index is 5.86. The van der Waals surface area contributed by atoms with Crippen LogP contribution in [-0.2, 0) is 6.42 Å². The number of nitrogens with two attached hydrogens (primary N) is 1. The average molecular weight is 271 g/mol. The highest BCUT2D eigenvalue weighted by Crippen LogP contribution is 2.28. The Morgan fingerprint density at radius 1 is 1.35 bits per heavy atom. The third kappa shape index (κ3) is 2.47. The first-order chi connectivity index (χ1) is 9.76. The van der Waals surface area contributed by atoms with Gasteiger partial charge in [-0.3, -0.25) is 0 Å². The molecule has 3 N–H and O–H groups in total. The number of hydrogen-bond acceptors (Lipinski definition) is 5. The number of nitrogen functional groups attached to an aromatic ring is 1. The van der Waals surface area contributed by atoms with Gasteiger partial charge in [0.25, 0.3) is 0 Å². The van der Waals surface area contributed by atoms with Gasteiger partial charge >= 0.3 is 0 Å². The smallest absolute Gasteiger partial charge is 0.238 e. The van der Waals surface area contributed by atoms with E-state index in [0.29, 0.717) is 18.1 Å². The van der Waals surface area contributed by atoms with Crippen LogP contribution in [-0.4, -0.2) is 24.7 Å². The van der Waals surface area contributed by atoms with Gasteiger partial charge in [0, 0.05) is 6.42 Å². The Morgan fingerprint density at radius 2 is 2.20 bits per heavy atom. The Morgan fingerprint density at radius 3 is 3.00 bits per heavy atom. The van der Waals surface area contributed by atoms with E-state index in [1.54, 1.807) is 13.2 Å². The molecule has 0 radical (unpaired) electrons. The van der Waals surface area contributed by atoms with Crippen LogP contribution in [0.1, 0.15) is 5.56 Å². The summed E-state index contributed by atoms with van der Waals surface area (Å²) in [4.78, 5) is 4.29. The summed E-state index contributed by atoms with van der Waals surface area (Å²) < 4.78 is 11.0. The van der Waals surface area contributed by atoms with Crippen LogP contribution in [0.2, 0.25) is 0 Å². The minimum Gasteiger partial charge on any atom is -0.488 e. The van der Waals surface area contributed by atoms with Crippen molar-refractivity contribution in [2.75, 3.05) is 24.7 Å². The largest absolute Gasteiger partial charge is 0.488 e. The lowest BCUT2D eigenvalue weighted by molar-refractivity contribution is 0.246. The van der Waals surface area contributed by atoms with E-state index >= 15 is 0 Å². The molecule has 1 atom stereocenters. The fourth-order valence-electron chi connectivity index (χ4n) is 2.30. The molecule has 0 bridgehead atoms. The maximum Gasteiger partial charge on any atom is 0.238 e. The highest BCUT2D eigenvalue weighted by atomic mass is 16.5. The maximum atomic E-state index is 5.86. The molecular formula is C15H17N3O2. The molecule has 2 heterocycles. The van der Waals surface area contributed by atoms with E-state index in [1.165, 1.54) is 5.56 Å². The standard InChI is InChI=1S/C15H17N3O2/c1-19-15-12(16)6-7-14(18-15)17-9-11-8-10-4-2-3-5-13(10)20-11/h2-7,11H,8-9,16H2,1H3,(H,17,18). The number of nitrogens with one attached hydrogen (secondary N) is 1. The lowest BCUT2D eigenvalue weighted by atomic mass is 10.1. The van der Waals surface area contributed by atoms with Gasteiger partial charge in [0.15, 0.2) is 0 Å². The van der Waals surface area contributed by atoms with Crippen LogP contribution in [0.5, 0.6) is 11.6 Å². The normalized spacial score (nSPS) is 16.4. The minimum absolute atomic E-state index is 0.123. The summed E-state index contributed by atoms with van der Waals surface area (Å²) in [6.07, 6.45) is 1.03. The summed E-state index contributed by atoms with van der Waals surface area (Å²) in [5, 5.41) is 3.25. The Bertz CT molecular complexity index is 591. The number of hydrogen-bond donors (Lipinski definition) is 2. The van der Waals surface area contributed by atoms with E-state index in [9.17, 15) is 0 Å². The lowest BCUT2D eigenvalue weighted by Crippen LogP contribution is -2.24. The molecule has 1 aromatic heterocycles. The molecule has 5 nitrogen and oxygen atoms in total. The van der Waals surface area contributed by atoms with Gasteiger partial charge in [-0.2, -0.15) is 4.98 Å². The van der Waals surface area contributed by atoms with Gasteiger partial charge in [-0.15, -0.1) is 0 Å². The number of fused-ring (bicyclic) bond motifs is 1. The molecule has 104 valence electrons. The van der Waals surface area contributed by atoms with Gasteiger partial charge in [0.05, 0.1) is 19.3 Å². The zero-order valence-electron chi connectivity index (χ0n) is 11.3. The Kier molecular flexibility index (Phi) is 3.33. The van der Waals surface area contributed by atoms with Crippen molar-refractivity contribution in [2.24, 2.45) is 0 Å². The number of pyridine rings is 1. The molecule has 0 saturated heterocycles. The zero-order valence-corrected chi connectivity index (χ0v) is 11.3. The van der Waals surface area contributed by atoms with Gasteiger partial charge in [-0.1, -0.05) is 18.2 Å². The van der Waals surface area contributed by atoms with Crippen molar-refractivity contribution in [3.05, 3.63) is 42.0 Å². The number of rotatable bonds is 4. The molecule has 0 fully saturated rings. The quantitative estimate of drug-likeness (QED) is 0.891. The number of benzene rings is 1. The van der Waals surface area contributed by atoms with E-state index in [1.807, 2.05) is 24.3 Å². The first kappa shape index (κ1) is 12.6. The molecule has 0 saturated carbocycles. The van der Waals surface area contributed by atoms with E-state index < -0.39 is 0 Å². The lowest BCUT2D eigenvalue weighted by Gasteiger charge is -2.13. The third-order valence-corrected chi connectivity index (χ3v) is 3.31. The number of nitrogens with zero attached hydrogens (tertiary/aromatic N) is 1. The number of para-hydroxylation sites is 1. The molecule has 0 amide bonds. The summed E-state index contributed by atoms with van der Waals surface area (Å²) in [7, 11) is 1.55. The Hall–Kier alpha value is -2.43. The van der Waals surface area contributed by atoms with Crippen LogP contribution >= 0.6 is 0 Å². The number of methoxy groups -OCH3 is 1. The van der Waals surface area contributed by atoms with Crippen molar-refractivity contribution < 1.29 is 9.47 Å². The predicted octanol–water partition coefficient (Wildman–Crippen LogP) is 2.09.